The van der Waals surface area contributed by atoms with E-state index < -0.39 is 17.7 Å². The zero-order valence-corrected chi connectivity index (χ0v) is 15.3. The number of alkyl halides is 3. The van der Waals surface area contributed by atoms with Gasteiger partial charge in [0.05, 0.1) is 24.6 Å². The van der Waals surface area contributed by atoms with Crippen molar-refractivity contribution in [1.82, 2.24) is 4.98 Å². The van der Waals surface area contributed by atoms with Crippen LogP contribution in [0.5, 0.6) is 0 Å². The van der Waals surface area contributed by atoms with Crippen molar-refractivity contribution in [2.24, 2.45) is 5.10 Å². The fourth-order valence-corrected chi connectivity index (χ4v) is 3.17. The van der Waals surface area contributed by atoms with Crippen molar-refractivity contribution in [3.05, 3.63) is 70.6 Å². The maximum absolute atomic E-state index is 12.6. The first kappa shape index (κ1) is 19.6. The maximum atomic E-state index is 12.6. The molecule has 0 fully saturated rings. The first-order valence-electron chi connectivity index (χ1n) is 7.99. The zero-order chi connectivity index (χ0) is 20.1. The highest BCUT2D eigenvalue weighted by Gasteiger charge is 2.29. The van der Waals surface area contributed by atoms with E-state index in [0.717, 1.165) is 29.0 Å². The van der Waals surface area contributed by atoms with E-state index in [2.05, 4.69) is 15.5 Å². The second-order valence-electron chi connectivity index (χ2n) is 5.54. The molecule has 0 aliphatic rings. The van der Waals surface area contributed by atoms with Gasteiger partial charge in [0.15, 0.2) is 0 Å². The van der Waals surface area contributed by atoms with Crippen molar-refractivity contribution < 1.29 is 22.7 Å². The third-order valence-corrected chi connectivity index (χ3v) is 4.60. The average Bonchev–Trinajstić information content (AvgIpc) is 3.12. The Morgan fingerprint density at radius 3 is 2.43 bits per heavy atom. The molecule has 0 aliphatic heterocycles. The Labute approximate surface area is 162 Å². The molecule has 144 valence electrons. The van der Waals surface area contributed by atoms with Gasteiger partial charge in [0.1, 0.15) is 4.88 Å². The number of benzene rings is 2. The first-order valence-corrected chi connectivity index (χ1v) is 8.81. The minimum atomic E-state index is -4.38. The number of ether oxygens (including phenoxy) is 1. The molecule has 0 radical (unpaired) electrons. The normalized spacial score (nSPS) is 11.6. The van der Waals surface area contributed by atoms with Crippen LogP contribution in [0.3, 0.4) is 0 Å². The third kappa shape index (κ3) is 4.55. The molecule has 1 N–H and O–H groups in total. The van der Waals surface area contributed by atoms with Crippen LogP contribution in [-0.2, 0) is 10.9 Å². The molecule has 2 aromatic carbocycles. The highest BCUT2D eigenvalue weighted by atomic mass is 32.1. The van der Waals surface area contributed by atoms with Gasteiger partial charge < -0.3 is 4.74 Å². The number of nitrogens with zero attached hydrogens (tertiary/aromatic N) is 2. The van der Waals surface area contributed by atoms with Crippen molar-refractivity contribution in [1.29, 1.82) is 0 Å². The predicted molar refractivity (Wildman–Crippen MR) is 102 cm³/mol. The number of rotatable bonds is 5. The van der Waals surface area contributed by atoms with E-state index in [0.29, 0.717) is 21.3 Å². The Kier molecular flexibility index (Phi) is 5.74. The zero-order valence-electron chi connectivity index (χ0n) is 14.5. The number of hydrogen-bond acceptors (Lipinski definition) is 6. The van der Waals surface area contributed by atoms with E-state index in [4.69, 9.17) is 4.74 Å². The number of halogens is 3. The van der Waals surface area contributed by atoms with Crippen LogP contribution in [0.2, 0.25) is 0 Å². The summed E-state index contributed by atoms with van der Waals surface area (Å²) in [6.07, 6.45) is -3.02. The average molecular weight is 405 g/mol. The summed E-state index contributed by atoms with van der Waals surface area (Å²) in [5.74, 6) is -0.517. The van der Waals surface area contributed by atoms with Crippen LogP contribution in [0.4, 0.5) is 18.3 Å². The van der Waals surface area contributed by atoms with Crippen molar-refractivity contribution in [3.63, 3.8) is 0 Å². The van der Waals surface area contributed by atoms with E-state index >= 15 is 0 Å². The van der Waals surface area contributed by atoms with Crippen LogP contribution < -0.4 is 5.43 Å². The highest BCUT2D eigenvalue weighted by molar-refractivity contribution is 7.17. The largest absolute Gasteiger partial charge is 0.465 e. The molecule has 1 aromatic heterocycles. The Morgan fingerprint density at radius 2 is 1.82 bits per heavy atom. The van der Waals surface area contributed by atoms with Crippen molar-refractivity contribution in [2.75, 3.05) is 12.5 Å². The van der Waals surface area contributed by atoms with E-state index in [9.17, 15) is 18.0 Å². The Morgan fingerprint density at radius 1 is 1.14 bits per heavy atom. The van der Waals surface area contributed by atoms with Crippen molar-refractivity contribution in [3.8, 4) is 11.3 Å². The molecule has 1 heterocycles. The van der Waals surface area contributed by atoms with Crippen molar-refractivity contribution in [2.45, 2.75) is 6.18 Å². The van der Waals surface area contributed by atoms with Gasteiger partial charge in [0, 0.05) is 5.56 Å². The van der Waals surface area contributed by atoms with Gasteiger partial charge in [-0.1, -0.05) is 53.8 Å². The van der Waals surface area contributed by atoms with Crippen LogP contribution in [0.1, 0.15) is 20.8 Å². The summed E-state index contributed by atoms with van der Waals surface area (Å²) in [4.78, 5) is 16.7. The van der Waals surface area contributed by atoms with Crippen LogP contribution in [0.25, 0.3) is 11.3 Å². The number of thiazole rings is 1. The number of esters is 1. The first-order chi connectivity index (χ1) is 13.4. The molecule has 0 saturated carbocycles. The van der Waals surface area contributed by atoms with Gasteiger partial charge in [-0.2, -0.15) is 18.3 Å². The highest BCUT2D eigenvalue weighted by Crippen LogP contribution is 2.32. The number of carbonyl (C=O) groups is 1. The lowest BCUT2D eigenvalue weighted by molar-refractivity contribution is -0.137. The van der Waals surface area contributed by atoms with E-state index in [1.165, 1.54) is 25.5 Å². The quantitative estimate of drug-likeness (QED) is 0.366. The fraction of sp³-hybridized carbons (Fsp3) is 0.105. The molecule has 5 nitrogen and oxygen atoms in total. The fourth-order valence-electron chi connectivity index (χ4n) is 2.31. The van der Waals surface area contributed by atoms with E-state index in [1.807, 2.05) is 30.3 Å². The summed E-state index contributed by atoms with van der Waals surface area (Å²) in [5, 5.41) is 4.33. The van der Waals surface area contributed by atoms with E-state index in [-0.39, 0.29) is 0 Å². The molecule has 3 aromatic rings. The molecular formula is C19H14F3N3O2S. The number of carbonyl (C=O) groups excluding carboxylic acids is 1. The van der Waals surface area contributed by atoms with Gasteiger partial charge in [-0.3, -0.25) is 5.43 Å². The maximum Gasteiger partial charge on any atom is 0.416 e. The minimum Gasteiger partial charge on any atom is -0.465 e. The van der Waals surface area contributed by atoms with Crippen LogP contribution in [0, 0.1) is 0 Å². The van der Waals surface area contributed by atoms with Crippen molar-refractivity contribution >= 4 is 28.7 Å². The summed E-state index contributed by atoms with van der Waals surface area (Å²) < 4.78 is 42.5. The number of anilines is 1. The molecule has 9 heteroatoms. The van der Waals surface area contributed by atoms with E-state index in [1.54, 1.807) is 0 Å². The number of nitrogens with one attached hydrogen (secondary N) is 1. The number of hydrazone groups is 1. The van der Waals surface area contributed by atoms with Gasteiger partial charge in [0.25, 0.3) is 0 Å². The summed E-state index contributed by atoms with van der Waals surface area (Å²) in [7, 11) is 1.28. The second kappa shape index (κ2) is 8.22. The number of methoxy groups -OCH3 is 1. The molecule has 0 unspecified atom stereocenters. The predicted octanol–water partition coefficient (Wildman–Crippen LogP) is 5.06. The topological polar surface area (TPSA) is 63.6 Å². The van der Waals surface area contributed by atoms with Gasteiger partial charge in [-0.05, 0) is 17.7 Å². The summed E-state index contributed by atoms with van der Waals surface area (Å²) >= 11 is 1.07. The molecule has 0 bridgehead atoms. The Balaban J connectivity index is 1.78. The Hall–Kier alpha value is -3.20. The minimum absolute atomic E-state index is 0.320. The summed E-state index contributed by atoms with van der Waals surface area (Å²) in [6, 6.07) is 13.7. The lowest BCUT2D eigenvalue weighted by Gasteiger charge is -2.05. The van der Waals surface area contributed by atoms with Crippen LogP contribution in [-0.4, -0.2) is 24.3 Å². The Bertz CT molecular complexity index is 984. The summed E-state index contributed by atoms with van der Waals surface area (Å²) in [5.41, 5.74) is 3.66. The standard InChI is InChI=1S/C19H14F3N3O2S/c1-27-17(26)16-15(13-5-3-2-4-6-13)24-18(28-16)25-23-11-12-7-9-14(10-8-12)19(20,21)22/h2-11H,1H3,(H,24,25)/b23-11-. The number of aromatic nitrogens is 1. The summed E-state index contributed by atoms with van der Waals surface area (Å²) in [6.45, 7) is 0. The molecule has 28 heavy (non-hydrogen) atoms. The lowest BCUT2D eigenvalue weighted by Crippen LogP contribution is -2.04. The number of hydrogen-bond donors (Lipinski definition) is 1. The van der Waals surface area contributed by atoms with Gasteiger partial charge in [0.2, 0.25) is 5.13 Å². The molecule has 0 amide bonds. The van der Waals surface area contributed by atoms with Gasteiger partial charge >= 0.3 is 12.1 Å². The monoisotopic (exact) mass is 405 g/mol. The lowest BCUT2D eigenvalue weighted by atomic mass is 10.1. The SMILES string of the molecule is COC(=O)c1sc(N/N=C\c2ccc(C(F)(F)F)cc2)nc1-c1ccccc1. The molecule has 0 aliphatic carbocycles. The van der Waals surface area contributed by atoms with Crippen LogP contribution >= 0.6 is 11.3 Å². The smallest absolute Gasteiger partial charge is 0.416 e. The second-order valence-corrected chi connectivity index (χ2v) is 6.54. The molecule has 3 rings (SSSR count). The molecule has 0 atom stereocenters. The molecule has 0 spiro atoms. The third-order valence-electron chi connectivity index (χ3n) is 3.66. The molecular weight excluding hydrogens is 391 g/mol. The van der Waals surface area contributed by atoms with Gasteiger partial charge in [-0.15, -0.1) is 0 Å². The van der Waals surface area contributed by atoms with Gasteiger partial charge in [-0.25, -0.2) is 9.78 Å². The van der Waals surface area contributed by atoms with Crippen LogP contribution in [0.15, 0.2) is 59.7 Å². The molecule has 0 saturated heterocycles.